The molecule has 1 aromatic rings. The van der Waals surface area contributed by atoms with E-state index >= 15 is 0 Å². The maximum absolute atomic E-state index is 10.6. The van der Waals surface area contributed by atoms with Crippen molar-refractivity contribution < 1.29 is 27.8 Å². The second kappa shape index (κ2) is 10.7. The van der Waals surface area contributed by atoms with E-state index in [4.69, 9.17) is 37.8 Å². The molecule has 4 nitrogen and oxygen atoms in total. The van der Waals surface area contributed by atoms with Gasteiger partial charge in [0.25, 0.3) is 0 Å². The van der Waals surface area contributed by atoms with E-state index in [1.165, 1.54) is 5.56 Å². The van der Waals surface area contributed by atoms with E-state index in [2.05, 4.69) is 32.2 Å². The Hall–Kier alpha value is -1.02. The summed E-state index contributed by atoms with van der Waals surface area (Å²) in [7, 11) is 0. The van der Waals surface area contributed by atoms with E-state index in [-0.39, 0.29) is 5.41 Å². The van der Waals surface area contributed by atoms with E-state index in [1.54, 1.807) is 0 Å². The van der Waals surface area contributed by atoms with Crippen molar-refractivity contribution in [2.45, 2.75) is 63.8 Å². The van der Waals surface area contributed by atoms with E-state index in [9.17, 15) is 13.2 Å². The summed E-state index contributed by atoms with van der Waals surface area (Å²) in [5, 5.41) is 12.1. The molecule has 1 saturated heterocycles. The average molecular weight is 444 g/mol. The van der Waals surface area contributed by atoms with E-state index in [0.29, 0.717) is 22.2 Å². The predicted molar refractivity (Wildman–Crippen MR) is 104 cm³/mol. The second-order valence-electron chi connectivity index (χ2n) is 7.32. The smallest absolute Gasteiger partial charge is 0.475 e. The van der Waals surface area contributed by atoms with Crippen molar-refractivity contribution in [2.24, 2.45) is 0 Å². The third kappa shape index (κ3) is 8.15. The number of carboxylic acid groups (broad SMARTS) is 1. The second-order valence-corrected chi connectivity index (χ2v) is 8.13. The SMILES string of the molecule is CCC1CC(NCC(C)(C)c2ccc(Cl)c(Cl)c2)CCO1.O=C(O)C(F)(F)F. The van der Waals surface area contributed by atoms with Gasteiger partial charge in [-0.05, 0) is 37.0 Å². The number of aliphatic carboxylic acids is 1. The fourth-order valence-electron chi connectivity index (χ4n) is 2.77. The Labute approximate surface area is 173 Å². The Morgan fingerprint density at radius 2 is 1.89 bits per heavy atom. The zero-order chi connectivity index (χ0) is 21.5. The van der Waals surface area contributed by atoms with Crippen LogP contribution < -0.4 is 5.32 Å². The van der Waals surface area contributed by atoms with Gasteiger partial charge in [-0.3, -0.25) is 0 Å². The van der Waals surface area contributed by atoms with Gasteiger partial charge in [0.1, 0.15) is 0 Å². The van der Waals surface area contributed by atoms with Crippen LogP contribution in [0.25, 0.3) is 0 Å². The van der Waals surface area contributed by atoms with Gasteiger partial charge in [-0.25, -0.2) is 4.79 Å². The highest BCUT2D eigenvalue weighted by molar-refractivity contribution is 6.42. The molecule has 0 amide bonds. The van der Waals surface area contributed by atoms with Gasteiger partial charge < -0.3 is 15.2 Å². The summed E-state index contributed by atoms with van der Waals surface area (Å²) in [4.78, 5) is 8.90. The summed E-state index contributed by atoms with van der Waals surface area (Å²) < 4.78 is 37.5. The molecule has 160 valence electrons. The van der Waals surface area contributed by atoms with Gasteiger partial charge in [-0.15, -0.1) is 0 Å². The van der Waals surface area contributed by atoms with Gasteiger partial charge in [0.2, 0.25) is 0 Å². The van der Waals surface area contributed by atoms with Crippen LogP contribution in [-0.2, 0) is 14.9 Å². The molecule has 2 rings (SSSR count). The lowest BCUT2D eigenvalue weighted by Crippen LogP contribution is -2.44. The molecule has 1 aliphatic heterocycles. The third-order valence-electron chi connectivity index (χ3n) is 4.60. The zero-order valence-electron chi connectivity index (χ0n) is 16.1. The quantitative estimate of drug-likeness (QED) is 0.634. The van der Waals surface area contributed by atoms with Gasteiger partial charge in [-0.1, -0.05) is 50.0 Å². The Morgan fingerprint density at radius 1 is 1.29 bits per heavy atom. The molecule has 1 aliphatic rings. The van der Waals surface area contributed by atoms with Crippen LogP contribution in [0.2, 0.25) is 10.0 Å². The molecule has 0 saturated carbocycles. The van der Waals surface area contributed by atoms with Crippen LogP contribution in [0.4, 0.5) is 13.2 Å². The molecule has 2 N–H and O–H groups in total. The van der Waals surface area contributed by atoms with Crippen molar-refractivity contribution in [1.82, 2.24) is 5.32 Å². The van der Waals surface area contributed by atoms with E-state index in [1.807, 2.05) is 12.1 Å². The van der Waals surface area contributed by atoms with Crippen molar-refractivity contribution in [3.8, 4) is 0 Å². The highest BCUT2D eigenvalue weighted by atomic mass is 35.5. The number of rotatable bonds is 5. The Kier molecular flexibility index (Phi) is 9.53. The van der Waals surface area contributed by atoms with E-state index < -0.39 is 12.1 Å². The van der Waals surface area contributed by atoms with Gasteiger partial charge in [0.15, 0.2) is 0 Å². The molecule has 2 unspecified atom stereocenters. The molecule has 0 radical (unpaired) electrons. The Bertz CT molecular complexity index is 654. The lowest BCUT2D eigenvalue weighted by molar-refractivity contribution is -0.192. The first-order valence-electron chi connectivity index (χ1n) is 8.97. The van der Waals surface area contributed by atoms with Crippen LogP contribution in [0.15, 0.2) is 18.2 Å². The van der Waals surface area contributed by atoms with E-state index in [0.717, 1.165) is 32.4 Å². The predicted octanol–water partition coefficient (Wildman–Crippen LogP) is 5.45. The van der Waals surface area contributed by atoms with Gasteiger partial charge >= 0.3 is 12.1 Å². The maximum Gasteiger partial charge on any atom is 0.490 e. The average Bonchev–Trinajstić information content (AvgIpc) is 2.62. The molecule has 0 bridgehead atoms. The first-order chi connectivity index (χ1) is 12.9. The highest BCUT2D eigenvalue weighted by Crippen LogP contribution is 2.30. The molecule has 0 aromatic heterocycles. The molecule has 9 heteroatoms. The van der Waals surface area contributed by atoms with Gasteiger partial charge in [-0.2, -0.15) is 13.2 Å². The number of hydrogen-bond acceptors (Lipinski definition) is 3. The zero-order valence-corrected chi connectivity index (χ0v) is 17.6. The fraction of sp³-hybridized carbons (Fsp3) is 0.632. The minimum Gasteiger partial charge on any atom is -0.475 e. The van der Waals surface area contributed by atoms with Crippen molar-refractivity contribution in [2.75, 3.05) is 13.2 Å². The van der Waals surface area contributed by atoms with Crippen molar-refractivity contribution in [3.05, 3.63) is 33.8 Å². The maximum atomic E-state index is 10.6. The lowest BCUT2D eigenvalue weighted by Gasteiger charge is -2.33. The number of benzene rings is 1. The number of ether oxygens (including phenoxy) is 1. The summed E-state index contributed by atoms with van der Waals surface area (Å²) in [6, 6.07) is 6.47. The minimum absolute atomic E-state index is 0.0221. The molecule has 1 heterocycles. The molecule has 2 atom stereocenters. The summed E-state index contributed by atoms with van der Waals surface area (Å²) in [5.74, 6) is -2.76. The molecule has 0 aliphatic carbocycles. The Morgan fingerprint density at radius 3 is 2.39 bits per heavy atom. The molecule has 0 spiro atoms. The number of carboxylic acids is 1. The molecule has 28 heavy (non-hydrogen) atoms. The van der Waals surface area contributed by atoms with Crippen molar-refractivity contribution >= 4 is 29.2 Å². The summed E-state index contributed by atoms with van der Waals surface area (Å²) in [6.45, 7) is 8.44. The lowest BCUT2D eigenvalue weighted by atomic mass is 9.84. The monoisotopic (exact) mass is 443 g/mol. The number of nitrogens with one attached hydrogen (secondary N) is 1. The molecule has 1 aromatic carbocycles. The molecular weight excluding hydrogens is 418 g/mol. The van der Waals surface area contributed by atoms with Crippen LogP contribution in [0.3, 0.4) is 0 Å². The summed E-state index contributed by atoms with van der Waals surface area (Å²) >= 11 is 12.1. The summed E-state index contributed by atoms with van der Waals surface area (Å²) in [5.41, 5.74) is 1.23. The largest absolute Gasteiger partial charge is 0.490 e. The number of alkyl halides is 3. The first-order valence-corrected chi connectivity index (χ1v) is 9.73. The fourth-order valence-corrected chi connectivity index (χ4v) is 3.07. The standard InChI is InChI=1S/C17H25Cl2NO.C2HF3O2/c1-4-14-10-13(7-8-21-14)20-11-17(2,3)12-5-6-15(18)16(19)9-12;3-2(4,5)1(6)7/h5-6,9,13-14,20H,4,7-8,10-11H2,1-3H3;(H,6,7). The normalized spacial score (nSPS) is 20.3. The molecule has 1 fully saturated rings. The summed E-state index contributed by atoms with van der Waals surface area (Å²) in [6.07, 6.45) is -1.39. The first kappa shape index (κ1) is 25.0. The van der Waals surface area contributed by atoms with Gasteiger partial charge in [0.05, 0.1) is 16.1 Å². The highest BCUT2D eigenvalue weighted by Gasteiger charge is 2.38. The van der Waals surface area contributed by atoms with Crippen LogP contribution in [0.1, 0.15) is 45.6 Å². The number of halogens is 5. The van der Waals surface area contributed by atoms with Crippen LogP contribution in [-0.4, -0.2) is 42.5 Å². The number of carbonyl (C=O) groups is 1. The topological polar surface area (TPSA) is 58.6 Å². The van der Waals surface area contributed by atoms with Crippen LogP contribution in [0.5, 0.6) is 0 Å². The van der Waals surface area contributed by atoms with Crippen molar-refractivity contribution in [3.63, 3.8) is 0 Å². The van der Waals surface area contributed by atoms with Crippen LogP contribution >= 0.6 is 23.2 Å². The minimum atomic E-state index is -5.08. The van der Waals surface area contributed by atoms with Crippen molar-refractivity contribution in [1.29, 1.82) is 0 Å². The third-order valence-corrected chi connectivity index (χ3v) is 5.34. The Balaban J connectivity index is 0.000000480. The number of hydrogen-bond donors (Lipinski definition) is 2. The van der Waals surface area contributed by atoms with Crippen LogP contribution in [0, 0.1) is 0 Å². The van der Waals surface area contributed by atoms with Gasteiger partial charge in [0, 0.05) is 24.6 Å². The molecular formula is C19H26Cl2F3NO3.